The molecule has 1 saturated carbocycles. The van der Waals surface area contributed by atoms with Crippen LogP contribution in [0, 0.1) is 11.3 Å². The van der Waals surface area contributed by atoms with Gasteiger partial charge >= 0.3 is 0 Å². The number of aliphatic hydroxyl groups is 1. The second kappa shape index (κ2) is 11.8. The van der Waals surface area contributed by atoms with Crippen LogP contribution in [0.3, 0.4) is 0 Å². The van der Waals surface area contributed by atoms with Crippen LogP contribution in [0.15, 0.2) is 24.4 Å². The summed E-state index contributed by atoms with van der Waals surface area (Å²) in [6.07, 6.45) is 11.0. The first-order chi connectivity index (χ1) is 16.6. The molecule has 1 aliphatic heterocycles. The van der Waals surface area contributed by atoms with E-state index < -0.39 is 12.8 Å². The predicted octanol–water partition coefficient (Wildman–Crippen LogP) is 6.55. The maximum Gasteiger partial charge on any atom is 0.126 e. The van der Waals surface area contributed by atoms with Crippen molar-refractivity contribution in [2.24, 2.45) is 11.3 Å². The Bertz CT molecular complexity index is 919. The average Bonchev–Trinajstić information content (AvgIpc) is 2.90. The van der Waals surface area contributed by atoms with E-state index in [4.69, 9.17) is 4.74 Å². The highest BCUT2D eigenvalue weighted by Gasteiger charge is 2.35. The Morgan fingerprint density at radius 1 is 1.21 bits per heavy atom. The van der Waals surface area contributed by atoms with Gasteiger partial charge in [0, 0.05) is 29.3 Å². The third kappa shape index (κ3) is 5.88. The minimum atomic E-state index is -1.31. The fourth-order valence-electron chi connectivity index (χ4n) is 5.99. The number of hydrogen-bond donors (Lipinski definition) is 1. The summed E-state index contributed by atoms with van der Waals surface area (Å²) in [5.74, 6) is 1.48. The normalized spacial score (nSPS) is 20.5. The summed E-state index contributed by atoms with van der Waals surface area (Å²) in [6.45, 7) is 2.40. The summed E-state index contributed by atoms with van der Waals surface area (Å²) < 4.78 is 34.8. The summed E-state index contributed by atoms with van der Waals surface area (Å²) in [4.78, 5) is 6.83. The van der Waals surface area contributed by atoms with E-state index in [0.29, 0.717) is 34.2 Å². The van der Waals surface area contributed by atoms with Gasteiger partial charge < -0.3 is 14.7 Å². The number of pyridine rings is 1. The van der Waals surface area contributed by atoms with E-state index >= 15 is 4.39 Å². The standard InChI is InChI=1S/C28H40F2N2O2/c1-34-23-7-8-26-24(17-23)27(22(18-29)19-31-26)25(30)9-11-28(20-33)12-15-32(16-13-28)14-10-21-5-3-2-4-6-21/h7-8,17,19,21,25,33H,2-6,9-16,18,20H2,1H3/t25-/m0/s1. The average molecular weight is 475 g/mol. The maximum absolute atomic E-state index is 15.7. The molecule has 2 fully saturated rings. The smallest absolute Gasteiger partial charge is 0.126 e. The third-order valence-electron chi connectivity index (χ3n) is 8.42. The molecule has 6 heteroatoms. The van der Waals surface area contributed by atoms with Crippen LogP contribution in [-0.2, 0) is 6.67 Å². The number of alkyl halides is 2. The summed E-state index contributed by atoms with van der Waals surface area (Å²) in [7, 11) is 1.56. The van der Waals surface area contributed by atoms with Gasteiger partial charge in [-0.1, -0.05) is 32.1 Å². The second-order valence-corrected chi connectivity index (χ2v) is 10.5. The summed E-state index contributed by atoms with van der Waals surface area (Å²) in [5, 5.41) is 10.9. The van der Waals surface area contributed by atoms with Gasteiger partial charge in [-0.3, -0.25) is 4.98 Å². The van der Waals surface area contributed by atoms with Crippen LogP contribution in [0.2, 0.25) is 0 Å². The van der Waals surface area contributed by atoms with Gasteiger partial charge in [-0.15, -0.1) is 0 Å². The zero-order valence-electron chi connectivity index (χ0n) is 20.6. The lowest BCUT2D eigenvalue weighted by atomic mass is 9.74. The fraction of sp³-hybridized carbons (Fsp3) is 0.679. The molecule has 0 radical (unpaired) electrons. The fourth-order valence-corrected chi connectivity index (χ4v) is 5.99. The van der Waals surface area contributed by atoms with E-state index in [1.807, 2.05) is 0 Å². The number of aliphatic hydroxyl groups excluding tert-OH is 1. The lowest BCUT2D eigenvalue weighted by Crippen LogP contribution is -2.42. The number of piperidine rings is 1. The van der Waals surface area contributed by atoms with Crippen molar-refractivity contribution in [3.63, 3.8) is 0 Å². The van der Waals surface area contributed by atoms with Crippen molar-refractivity contribution < 1.29 is 18.6 Å². The lowest BCUT2D eigenvalue weighted by Gasteiger charge is -2.41. The molecule has 34 heavy (non-hydrogen) atoms. The number of rotatable bonds is 10. The number of nitrogens with zero attached hydrogens (tertiary/aromatic N) is 2. The van der Waals surface area contributed by atoms with E-state index in [9.17, 15) is 9.50 Å². The van der Waals surface area contributed by atoms with Gasteiger partial charge in [-0.2, -0.15) is 0 Å². The number of halogens is 2. The number of fused-ring (bicyclic) bond motifs is 1. The molecule has 0 unspecified atom stereocenters. The number of ether oxygens (including phenoxy) is 1. The van der Waals surface area contributed by atoms with Crippen LogP contribution in [-0.4, -0.2) is 48.3 Å². The van der Waals surface area contributed by atoms with E-state index in [2.05, 4.69) is 9.88 Å². The topological polar surface area (TPSA) is 45.6 Å². The van der Waals surface area contributed by atoms with Crippen molar-refractivity contribution >= 4 is 10.9 Å². The second-order valence-electron chi connectivity index (χ2n) is 10.5. The quantitative estimate of drug-likeness (QED) is 0.424. The molecule has 188 valence electrons. The Labute approximate surface area is 202 Å². The molecule has 0 bridgehead atoms. The van der Waals surface area contributed by atoms with E-state index in [-0.39, 0.29) is 18.4 Å². The minimum Gasteiger partial charge on any atom is -0.497 e. The highest BCUT2D eigenvalue weighted by Crippen LogP contribution is 2.41. The maximum atomic E-state index is 15.7. The summed E-state index contributed by atoms with van der Waals surface area (Å²) in [5.41, 5.74) is 1.06. The van der Waals surface area contributed by atoms with Gasteiger partial charge in [-0.25, -0.2) is 8.78 Å². The van der Waals surface area contributed by atoms with Crippen LogP contribution < -0.4 is 4.74 Å². The third-order valence-corrected chi connectivity index (χ3v) is 8.42. The largest absolute Gasteiger partial charge is 0.497 e. The summed E-state index contributed by atoms with van der Waals surface area (Å²) >= 11 is 0. The highest BCUT2D eigenvalue weighted by molar-refractivity contribution is 5.85. The van der Waals surface area contributed by atoms with Crippen LogP contribution in [0.1, 0.15) is 81.5 Å². The molecular weight excluding hydrogens is 434 g/mol. The van der Waals surface area contributed by atoms with Gasteiger partial charge in [0.1, 0.15) is 18.6 Å². The molecule has 1 atom stereocenters. The first-order valence-electron chi connectivity index (χ1n) is 13.1. The van der Waals surface area contributed by atoms with Crippen molar-refractivity contribution in [3.8, 4) is 5.75 Å². The molecule has 1 aromatic heterocycles. The van der Waals surface area contributed by atoms with Crippen LogP contribution in [0.25, 0.3) is 10.9 Å². The highest BCUT2D eigenvalue weighted by atomic mass is 19.1. The number of likely N-dealkylation sites (tertiary alicyclic amines) is 1. The van der Waals surface area contributed by atoms with Crippen molar-refractivity contribution in [1.29, 1.82) is 0 Å². The molecule has 1 aliphatic carbocycles. The predicted molar refractivity (Wildman–Crippen MR) is 133 cm³/mol. The van der Waals surface area contributed by atoms with E-state index in [1.54, 1.807) is 25.3 Å². The van der Waals surface area contributed by atoms with Gasteiger partial charge in [0.15, 0.2) is 0 Å². The molecular formula is C28H40F2N2O2. The molecule has 1 saturated heterocycles. The molecule has 2 heterocycles. The number of aromatic nitrogens is 1. The molecule has 0 spiro atoms. The van der Waals surface area contributed by atoms with Gasteiger partial charge in [-0.05, 0) is 81.3 Å². The van der Waals surface area contributed by atoms with Gasteiger partial charge in [0.05, 0.1) is 12.6 Å². The Hall–Kier alpha value is -1.79. The van der Waals surface area contributed by atoms with Crippen molar-refractivity contribution in [3.05, 3.63) is 35.5 Å². The van der Waals surface area contributed by atoms with Crippen LogP contribution >= 0.6 is 0 Å². The first kappa shape index (κ1) is 25.3. The molecule has 1 N–H and O–H groups in total. The molecule has 2 aliphatic rings. The van der Waals surface area contributed by atoms with Crippen molar-refractivity contribution in [2.75, 3.05) is 33.4 Å². The van der Waals surface area contributed by atoms with Crippen LogP contribution in [0.4, 0.5) is 8.78 Å². The monoisotopic (exact) mass is 474 g/mol. The zero-order chi connectivity index (χ0) is 24.0. The van der Waals surface area contributed by atoms with Gasteiger partial charge in [0.25, 0.3) is 0 Å². The SMILES string of the molecule is COc1ccc2ncc(CF)c([C@@H](F)CCC3(CO)CCN(CCC4CCCCC4)CC3)c2c1. The van der Waals surface area contributed by atoms with Crippen LogP contribution in [0.5, 0.6) is 5.75 Å². The molecule has 4 nitrogen and oxygen atoms in total. The number of hydrogen-bond acceptors (Lipinski definition) is 4. The summed E-state index contributed by atoms with van der Waals surface area (Å²) in [6, 6.07) is 5.31. The Morgan fingerprint density at radius 2 is 1.97 bits per heavy atom. The lowest BCUT2D eigenvalue weighted by molar-refractivity contribution is 0.0281. The van der Waals surface area contributed by atoms with E-state index in [1.165, 1.54) is 44.7 Å². The Kier molecular flexibility index (Phi) is 8.75. The van der Waals surface area contributed by atoms with E-state index in [0.717, 1.165) is 38.4 Å². The van der Waals surface area contributed by atoms with Gasteiger partial charge in [0.2, 0.25) is 0 Å². The Morgan fingerprint density at radius 3 is 2.65 bits per heavy atom. The molecule has 0 amide bonds. The van der Waals surface area contributed by atoms with Crippen molar-refractivity contribution in [1.82, 2.24) is 9.88 Å². The molecule has 1 aromatic carbocycles. The molecule has 2 aromatic rings. The van der Waals surface area contributed by atoms with Crippen molar-refractivity contribution in [2.45, 2.75) is 77.1 Å². The minimum absolute atomic E-state index is 0.0804. The zero-order valence-corrected chi connectivity index (χ0v) is 20.6. The first-order valence-corrected chi connectivity index (χ1v) is 13.1. The Balaban J connectivity index is 1.38. The number of benzene rings is 1. The molecule has 4 rings (SSSR count). The number of methoxy groups -OCH3 is 1.